The Balaban J connectivity index is 1.99. The summed E-state index contributed by atoms with van der Waals surface area (Å²) in [6.45, 7) is 8.44. The van der Waals surface area contributed by atoms with Crippen LogP contribution in [0.25, 0.3) is 0 Å². The molecule has 2 fully saturated rings. The van der Waals surface area contributed by atoms with Crippen LogP contribution < -0.4 is 11.1 Å². The fourth-order valence-corrected chi connectivity index (χ4v) is 4.55. The van der Waals surface area contributed by atoms with Gasteiger partial charge >= 0.3 is 6.03 Å². The molecule has 2 amide bonds. The number of nitrogens with zero attached hydrogens (tertiary/aromatic N) is 1. The van der Waals surface area contributed by atoms with Crippen molar-refractivity contribution in [1.82, 2.24) is 10.2 Å². The van der Waals surface area contributed by atoms with Crippen LogP contribution in [0.15, 0.2) is 12.3 Å². The van der Waals surface area contributed by atoms with E-state index in [1.807, 2.05) is 11.1 Å². The molecule has 1 saturated heterocycles. The smallest absolute Gasteiger partial charge is 0.322 e. The minimum atomic E-state index is -0.218. The van der Waals surface area contributed by atoms with Crippen molar-refractivity contribution in [2.75, 3.05) is 0 Å². The van der Waals surface area contributed by atoms with Crippen LogP contribution in [0.5, 0.6) is 0 Å². The van der Waals surface area contributed by atoms with Crippen LogP contribution in [-0.2, 0) is 0 Å². The molecule has 1 saturated carbocycles. The monoisotopic (exact) mass is 307 g/mol. The summed E-state index contributed by atoms with van der Waals surface area (Å²) in [5.41, 5.74) is 5.74. The SMILES string of the molecule is CC1(C)CC(N)CC(C)(C)N1C(=O)N/C=C/C1CCCCC1. The molecule has 4 heteroatoms. The van der Waals surface area contributed by atoms with E-state index in [2.05, 4.69) is 39.1 Å². The number of nitrogens with two attached hydrogens (primary N) is 1. The Morgan fingerprint density at radius 1 is 1.09 bits per heavy atom. The minimum Gasteiger partial charge on any atom is -0.328 e. The van der Waals surface area contributed by atoms with Crippen LogP contribution in [0.1, 0.15) is 72.6 Å². The molecule has 0 aromatic carbocycles. The third-order valence-corrected chi connectivity index (χ3v) is 5.16. The molecule has 0 aromatic rings. The number of likely N-dealkylation sites (tertiary alicyclic amines) is 1. The third-order valence-electron chi connectivity index (χ3n) is 5.16. The Hall–Kier alpha value is -1.03. The summed E-state index contributed by atoms with van der Waals surface area (Å²) in [6, 6.07) is 0.154. The second kappa shape index (κ2) is 6.61. The zero-order valence-corrected chi connectivity index (χ0v) is 14.7. The number of carbonyl (C=O) groups excluding carboxylic acids is 1. The van der Waals surface area contributed by atoms with Crippen LogP contribution in [0.4, 0.5) is 4.79 Å². The molecular weight excluding hydrogens is 274 g/mol. The van der Waals surface area contributed by atoms with Crippen molar-refractivity contribution in [1.29, 1.82) is 0 Å². The van der Waals surface area contributed by atoms with Crippen molar-refractivity contribution < 1.29 is 4.79 Å². The first-order valence-electron chi connectivity index (χ1n) is 8.75. The van der Waals surface area contributed by atoms with Gasteiger partial charge in [0.1, 0.15) is 0 Å². The molecule has 0 bridgehead atoms. The summed E-state index contributed by atoms with van der Waals surface area (Å²) in [5, 5.41) is 2.99. The first-order valence-corrected chi connectivity index (χ1v) is 8.75. The Kier molecular flexibility index (Phi) is 5.21. The molecule has 0 atom stereocenters. The van der Waals surface area contributed by atoms with Crippen molar-refractivity contribution in [3.05, 3.63) is 12.3 Å². The molecule has 126 valence electrons. The maximum absolute atomic E-state index is 12.7. The van der Waals surface area contributed by atoms with Gasteiger partial charge in [0.25, 0.3) is 0 Å². The lowest BCUT2D eigenvalue weighted by molar-refractivity contribution is 0.00441. The predicted octanol–water partition coefficient (Wildman–Crippen LogP) is 3.77. The molecule has 1 aliphatic heterocycles. The Morgan fingerprint density at radius 2 is 1.64 bits per heavy atom. The number of nitrogens with one attached hydrogen (secondary N) is 1. The van der Waals surface area contributed by atoms with Crippen molar-refractivity contribution in [2.45, 2.75) is 89.8 Å². The second-order valence-corrected chi connectivity index (χ2v) is 8.34. The van der Waals surface area contributed by atoms with E-state index in [0.717, 1.165) is 12.8 Å². The van der Waals surface area contributed by atoms with E-state index in [0.29, 0.717) is 5.92 Å². The van der Waals surface area contributed by atoms with E-state index in [1.54, 1.807) is 0 Å². The van der Waals surface area contributed by atoms with E-state index < -0.39 is 0 Å². The summed E-state index contributed by atoms with van der Waals surface area (Å²) in [7, 11) is 0. The van der Waals surface area contributed by atoms with Gasteiger partial charge in [0.2, 0.25) is 0 Å². The molecule has 0 radical (unpaired) electrons. The highest BCUT2D eigenvalue weighted by Gasteiger charge is 2.46. The third kappa shape index (κ3) is 4.03. The molecule has 4 nitrogen and oxygen atoms in total. The van der Waals surface area contributed by atoms with E-state index in [-0.39, 0.29) is 23.2 Å². The second-order valence-electron chi connectivity index (χ2n) is 8.34. The molecule has 22 heavy (non-hydrogen) atoms. The molecule has 2 aliphatic rings. The van der Waals surface area contributed by atoms with Gasteiger partial charge in [0, 0.05) is 23.3 Å². The normalized spacial score (nSPS) is 26.3. The zero-order valence-electron chi connectivity index (χ0n) is 14.7. The number of rotatable bonds is 2. The Bertz CT molecular complexity index is 404. The average Bonchev–Trinajstić information content (AvgIpc) is 2.36. The number of carbonyl (C=O) groups is 1. The molecule has 3 N–H and O–H groups in total. The van der Waals surface area contributed by atoms with E-state index in [9.17, 15) is 4.79 Å². The van der Waals surface area contributed by atoms with Gasteiger partial charge in [-0.2, -0.15) is 0 Å². The van der Waals surface area contributed by atoms with Crippen molar-refractivity contribution in [3.8, 4) is 0 Å². The van der Waals surface area contributed by atoms with Gasteiger partial charge in [-0.15, -0.1) is 0 Å². The van der Waals surface area contributed by atoms with Crippen LogP contribution in [0, 0.1) is 5.92 Å². The van der Waals surface area contributed by atoms with Crippen molar-refractivity contribution in [2.24, 2.45) is 11.7 Å². The van der Waals surface area contributed by atoms with E-state index in [1.165, 1.54) is 32.1 Å². The minimum absolute atomic E-state index is 0.00559. The molecule has 0 unspecified atom stereocenters. The van der Waals surface area contributed by atoms with Gasteiger partial charge in [0.05, 0.1) is 0 Å². The maximum Gasteiger partial charge on any atom is 0.322 e. The summed E-state index contributed by atoms with van der Waals surface area (Å²) in [4.78, 5) is 14.7. The number of allylic oxidation sites excluding steroid dienone is 1. The van der Waals surface area contributed by atoms with Gasteiger partial charge in [0.15, 0.2) is 0 Å². The maximum atomic E-state index is 12.7. The lowest BCUT2D eigenvalue weighted by Gasteiger charge is -2.54. The number of hydrogen-bond donors (Lipinski definition) is 2. The fraction of sp³-hybridized carbons (Fsp3) is 0.833. The summed E-state index contributed by atoms with van der Waals surface area (Å²) >= 11 is 0. The van der Waals surface area contributed by atoms with Gasteiger partial charge in [-0.25, -0.2) is 4.79 Å². The fourth-order valence-electron chi connectivity index (χ4n) is 4.55. The van der Waals surface area contributed by atoms with Gasteiger partial charge in [-0.1, -0.05) is 25.3 Å². The largest absolute Gasteiger partial charge is 0.328 e. The van der Waals surface area contributed by atoms with Crippen LogP contribution in [0.3, 0.4) is 0 Å². The number of hydrogen-bond acceptors (Lipinski definition) is 2. The van der Waals surface area contributed by atoms with E-state index >= 15 is 0 Å². The summed E-state index contributed by atoms with van der Waals surface area (Å²) in [6.07, 6.45) is 12.2. The van der Waals surface area contributed by atoms with Crippen LogP contribution in [0.2, 0.25) is 0 Å². The van der Waals surface area contributed by atoms with Gasteiger partial charge in [-0.3, -0.25) is 0 Å². The predicted molar refractivity (Wildman–Crippen MR) is 91.5 cm³/mol. The highest BCUT2D eigenvalue weighted by Crippen LogP contribution is 2.37. The highest BCUT2D eigenvalue weighted by atomic mass is 16.2. The summed E-state index contributed by atoms with van der Waals surface area (Å²) < 4.78 is 0. The molecule has 1 heterocycles. The lowest BCUT2D eigenvalue weighted by atomic mass is 9.77. The van der Waals surface area contributed by atoms with E-state index in [4.69, 9.17) is 5.73 Å². The first-order chi connectivity index (χ1) is 10.2. The Morgan fingerprint density at radius 3 is 2.18 bits per heavy atom. The van der Waals surface area contributed by atoms with Crippen molar-refractivity contribution in [3.63, 3.8) is 0 Å². The molecule has 2 rings (SSSR count). The summed E-state index contributed by atoms with van der Waals surface area (Å²) in [5.74, 6) is 0.629. The van der Waals surface area contributed by atoms with Gasteiger partial charge in [-0.05, 0) is 59.3 Å². The van der Waals surface area contributed by atoms with Gasteiger partial charge < -0.3 is 16.0 Å². The molecular formula is C18H33N3O. The quantitative estimate of drug-likeness (QED) is 0.816. The molecule has 0 aromatic heterocycles. The molecule has 0 spiro atoms. The number of piperidine rings is 1. The van der Waals surface area contributed by atoms with Crippen LogP contribution >= 0.6 is 0 Å². The highest BCUT2D eigenvalue weighted by molar-refractivity contribution is 5.77. The Labute approximate surface area is 135 Å². The number of urea groups is 1. The lowest BCUT2D eigenvalue weighted by Crippen LogP contribution is -2.66. The van der Waals surface area contributed by atoms with Crippen LogP contribution in [-0.4, -0.2) is 28.1 Å². The molecule has 1 aliphatic carbocycles. The standard InChI is InChI=1S/C18H33N3O/c1-17(2)12-15(19)13-18(3,4)21(17)16(22)20-11-10-14-8-6-5-7-9-14/h10-11,14-15H,5-9,12-13,19H2,1-4H3,(H,20,22)/b11-10+. The first kappa shape index (κ1) is 17.3. The topological polar surface area (TPSA) is 58.4 Å². The average molecular weight is 307 g/mol. The van der Waals surface area contributed by atoms with Crippen molar-refractivity contribution >= 4 is 6.03 Å². The number of amides is 2. The zero-order chi connectivity index (χ0) is 16.4.